The lowest BCUT2D eigenvalue weighted by Crippen LogP contribution is -2.33. The van der Waals surface area contributed by atoms with Gasteiger partial charge in [0.05, 0.1) is 5.56 Å². The Balaban J connectivity index is 3.05. The Kier molecular flexibility index (Phi) is 4.33. The van der Waals surface area contributed by atoms with Gasteiger partial charge in [0.15, 0.2) is 0 Å². The van der Waals surface area contributed by atoms with Crippen LogP contribution >= 0.6 is 34.2 Å². The maximum atomic E-state index is 12.0. The van der Waals surface area contributed by atoms with Crippen molar-refractivity contribution in [3.05, 3.63) is 26.5 Å². The van der Waals surface area contributed by atoms with Gasteiger partial charge in [0, 0.05) is 22.9 Å². The molecule has 1 amide bonds. The highest BCUT2D eigenvalue weighted by atomic mass is 127. The normalized spacial score (nSPS) is 10.5. The second kappa shape index (κ2) is 5.12. The molecular weight excluding hydrogens is 326 g/mol. The second-order valence-corrected chi connectivity index (χ2v) is 5.11. The van der Waals surface area contributed by atoms with Gasteiger partial charge in [-0.25, -0.2) is 4.98 Å². The highest BCUT2D eigenvalue weighted by molar-refractivity contribution is 14.1. The summed E-state index contributed by atoms with van der Waals surface area (Å²) >= 11 is 7.98. The average molecular weight is 339 g/mol. The van der Waals surface area contributed by atoms with Crippen LogP contribution in [0.15, 0.2) is 12.3 Å². The maximum Gasteiger partial charge on any atom is 0.256 e. The Hall–Kier alpha value is -0.360. The summed E-state index contributed by atoms with van der Waals surface area (Å²) in [6, 6.07) is 1.89. The van der Waals surface area contributed by atoms with Crippen molar-refractivity contribution >= 4 is 40.1 Å². The number of hydrogen-bond donors (Lipinski definition) is 0. The molecule has 1 heterocycles. The molecule has 1 aromatic rings. The highest BCUT2D eigenvalue weighted by Gasteiger charge is 2.18. The zero-order valence-electron chi connectivity index (χ0n) is 8.79. The average Bonchev–Trinajstić information content (AvgIpc) is 2.19. The van der Waals surface area contributed by atoms with E-state index in [-0.39, 0.29) is 17.1 Å². The molecule has 0 radical (unpaired) electrons. The zero-order chi connectivity index (χ0) is 11.6. The number of nitrogens with zero attached hydrogens (tertiary/aromatic N) is 2. The SMILES string of the molecule is CC(C)N(C)C(=O)c1cc(I)cnc1Cl. The fraction of sp³-hybridized carbons (Fsp3) is 0.400. The number of hydrogen-bond acceptors (Lipinski definition) is 2. The van der Waals surface area contributed by atoms with E-state index in [1.807, 2.05) is 13.8 Å². The molecular formula is C10H12ClIN2O. The van der Waals surface area contributed by atoms with Crippen molar-refractivity contribution in [1.82, 2.24) is 9.88 Å². The van der Waals surface area contributed by atoms with Crippen LogP contribution in [0.5, 0.6) is 0 Å². The van der Waals surface area contributed by atoms with Gasteiger partial charge in [0.2, 0.25) is 0 Å². The van der Waals surface area contributed by atoms with Crippen molar-refractivity contribution in [3.8, 4) is 0 Å². The van der Waals surface area contributed by atoms with E-state index in [0.717, 1.165) is 3.57 Å². The summed E-state index contributed by atoms with van der Waals surface area (Å²) in [4.78, 5) is 17.5. The third kappa shape index (κ3) is 3.04. The molecule has 0 aliphatic rings. The summed E-state index contributed by atoms with van der Waals surface area (Å²) in [7, 11) is 1.75. The molecule has 1 aromatic heterocycles. The van der Waals surface area contributed by atoms with Crippen molar-refractivity contribution < 1.29 is 4.79 Å². The number of pyridine rings is 1. The zero-order valence-corrected chi connectivity index (χ0v) is 11.7. The minimum Gasteiger partial charge on any atom is -0.339 e. The molecule has 0 aliphatic heterocycles. The van der Waals surface area contributed by atoms with E-state index in [4.69, 9.17) is 11.6 Å². The van der Waals surface area contributed by atoms with Crippen LogP contribution in [-0.2, 0) is 0 Å². The molecule has 0 aromatic carbocycles. The first-order valence-electron chi connectivity index (χ1n) is 4.51. The van der Waals surface area contributed by atoms with Crippen molar-refractivity contribution in [3.63, 3.8) is 0 Å². The molecule has 0 spiro atoms. The van der Waals surface area contributed by atoms with Gasteiger partial charge < -0.3 is 4.90 Å². The quantitative estimate of drug-likeness (QED) is 0.614. The molecule has 3 nitrogen and oxygen atoms in total. The Bertz CT molecular complexity index is 382. The monoisotopic (exact) mass is 338 g/mol. The maximum absolute atomic E-state index is 12.0. The Labute approximate surface area is 108 Å². The largest absolute Gasteiger partial charge is 0.339 e. The lowest BCUT2D eigenvalue weighted by Gasteiger charge is -2.21. The molecule has 0 saturated carbocycles. The van der Waals surface area contributed by atoms with Crippen LogP contribution in [0.4, 0.5) is 0 Å². The van der Waals surface area contributed by atoms with Crippen LogP contribution in [0.2, 0.25) is 5.15 Å². The number of carbonyl (C=O) groups excluding carboxylic acids is 1. The van der Waals surface area contributed by atoms with Gasteiger partial charge in [-0.2, -0.15) is 0 Å². The Morgan fingerprint density at radius 2 is 2.20 bits per heavy atom. The summed E-state index contributed by atoms with van der Waals surface area (Å²) in [5.74, 6) is -0.0963. The molecule has 0 N–H and O–H groups in total. The first-order chi connectivity index (χ1) is 6.93. The molecule has 5 heteroatoms. The number of aromatic nitrogens is 1. The minimum absolute atomic E-state index is 0.0963. The molecule has 0 bridgehead atoms. The summed E-state index contributed by atoms with van der Waals surface area (Å²) in [6.07, 6.45) is 1.63. The van der Waals surface area contributed by atoms with Crippen LogP contribution in [0.1, 0.15) is 24.2 Å². The molecule has 0 aliphatic carbocycles. The van der Waals surface area contributed by atoms with E-state index >= 15 is 0 Å². The molecule has 82 valence electrons. The van der Waals surface area contributed by atoms with Crippen LogP contribution in [0, 0.1) is 3.57 Å². The second-order valence-electron chi connectivity index (χ2n) is 3.50. The summed E-state index contributed by atoms with van der Waals surface area (Å²) in [6.45, 7) is 3.90. The molecule has 0 atom stereocenters. The van der Waals surface area contributed by atoms with Crippen LogP contribution in [-0.4, -0.2) is 28.9 Å². The molecule has 0 fully saturated rings. The van der Waals surface area contributed by atoms with Crippen molar-refractivity contribution in [2.24, 2.45) is 0 Å². The number of rotatable bonds is 2. The first-order valence-corrected chi connectivity index (χ1v) is 5.97. The number of carbonyl (C=O) groups is 1. The van der Waals surface area contributed by atoms with E-state index in [9.17, 15) is 4.79 Å². The lowest BCUT2D eigenvalue weighted by molar-refractivity contribution is 0.0754. The fourth-order valence-corrected chi connectivity index (χ4v) is 1.63. The van der Waals surface area contributed by atoms with Crippen molar-refractivity contribution in [2.45, 2.75) is 19.9 Å². The predicted octanol–water partition coefficient (Wildman–Crippen LogP) is 2.82. The van der Waals surface area contributed by atoms with Gasteiger partial charge in [-0.3, -0.25) is 4.79 Å². The van der Waals surface area contributed by atoms with Gasteiger partial charge in [0.25, 0.3) is 5.91 Å². The summed E-state index contributed by atoms with van der Waals surface area (Å²) in [5.41, 5.74) is 0.458. The van der Waals surface area contributed by atoms with Gasteiger partial charge in [0.1, 0.15) is 5.15 Å². The van der Waals surface area contributed by atoms with Crippen LogP contribution in [0.3, 0.4) is 0 Å². The third-order valence-corrected chi connectivity index (χ3v) is 3.02. The van der Waals surface area contributed by atoms with Crippen LogP contribution < -0.4 is 0 Å². The molecule has 0 unspecified atom stereocenters. The molecule has 0 saturated heterocycles. The van der Waals surface area contributed by atoms with Crippen molar-refractivity contribution in [1.29, 1.82) is 0 Å². The van der Waals surface area contributed by atoms with Crippen molar-refractivity contribution in [2.75, 3.05) is 7.05 Å². The topological polar surface area (TPSA) is 33.2 Å². The third-order valence-electron chi connectivity index (χ3n) is 2.13. The van der Waals surface area contributed by atoms with Gasteiger partial charge in [-0.15, -0.1) is 0 Å². The fourth-order valence-electron chi connectivity index (χ4n) is 0.997. The molecule has 1 rings (SSSR count). The Morgan fingerprint density at radius 1 is 1.60 bits per heavy atom. The van der Waals surface area contributed by atoms with E-state index in [0.29, 0.717) is 5.56 Å². The number of halogens is 2. The van der Waals surface area contributed by atoms with E-state index in [1.165, 1.54) is 0 Å². The Morgan fingerprint density at radius 3 is 2.73 bits per heavy atom. The van der Waals surface area contributed by atoms with E-state index in [1.54, 1.807) is 24.2 Å². The lowest BCUT2D eigenvalue weighted by atomic mass is 10.2. The van der Waals surface area contributed by atoms with Gasteiger partial charge in [-0.05, 0) is 42.5 Å². The number of amides is 1. The minimum atomic E-state index is -0.0963. The van der Waals surface area contributed by atoms with Gasteiger partial charge >= 0.3 is 0 Å². The van der Waals surface area contributed by atoms with E-state index in [2.05, 4.69) is 27.6 Å². The first kappa shape index (κ1) is 12.7. The standard InChI is InChI=1S/C10H12ClIN2O/c1-6(2)14(3)10(15)8-4-7(12)5-13-9(8)11/h4-6H,1-3H3. The summed E-state index contributed by atoms with van der Waals surface area (Å²) < 4.78 is 0.900. The van der Waals surface area contributed by atoms with E-state index < -0.39 is 0 Å². The van der Waals surface area contributed by atoms with Gasteiger partial charge in [-0.1, -0.05) is 11.6 Å². The predicted molar refractivity (Wildman–Crippen MR) is 69.2 cm³/mol. The highest BCUT2D eigenvalue weighted by Crippen LogP contribution is 2.18. The summed E-state index contributed by atoms with van der Waals surface area (Å²) in [5, 5.41) is 0.257. The molecule has 15 heavy (non-hydrogen) atoms. The van der Waals surface area contributed by atoms with Crippen LogP contribution in [0.25, 0.3) is 0 Å². The smallest absolute Gasteiger partial charge is 0.256 e.